The number of amides is 2. The summed E-state index contributed by atoms with van der Waals surface area (Å²) in [5, 5.41) is 28.4. The van der Waals surface area contributed by atoms with Crippen molar-refractivity contribution in [3.8, 4) is 6.07 Å². The number of carbonyl (C=O) groups excluding carboxylic acids is 1. The van der Waals surface area contributed by atoms with Gasteiger partial charge in [0.25, 0.3) is 0 Å². The third-order valence-electron chi connectivity index (χ3n) is 3.41. The Morgan fingerprint density at radius 1 is 1.32 bits per heavy atom. The molecule has 25 heavy (non-hydrogen) atoms. The van der Waals surface area contributed by atoms with E-state index >= 15 is 0 Å². The van der Waals surface area contributed by atoms with E-state index in [1.54, 1.807) is 13.0 Å². The summed E-state index contributed by atoms with van der Waals surface area (Å²) in [6.07, 6.45) is 3.41. The van der Waals surface area contributed by atoms with Crippen LogP contribution in [-0.4, -0.2) is 30.7 Å². The maximum atomic E-state index is 12.2. The minimum absolute atomic E-state index is 0.326. The highest BCUT2D eigenvalue weighted by Gasteiger charge is 2.17. The standard InChI is InChI=1S/C16H15N7O2/c1-9-3-14-19-8-13(15(10(2)24)23(14)22-9)21-16(25)20-12-4-11(5-17)6-18-7-12/h3-4,6-8,10,24H,1-2H3,(H2,20,21,25)/t10-/m0/s1. The Balaban J connectivity index is 1.88. The van der Waals surface area contributed by atoms with Crippen molar-refractivity contribution in [3.63, 3.8) is 0 Å². The van der Waals surface area contributed by atoms with Crippen LogP contribution in [0.1, 0.15) is 30.0 Å². The number of hydrogen-bond donors (Lipinski definition) is 3. The van der Waals surface area contributed by atoms with Crippen molar-refractivity contribution in [2.75, 3.05) is 10.6 Å². The Labute approximate surface area is 143 Å². The Bertz CT molecular complexity index is 988. The van der Waals surface area contributed by atoms with Crippen molar-refractivity contribution in [2.24, 2.45) is 0 Å². The molecule has 0 bridgehead atoms. The van der Waals surface area contributed by atoms with Crippen LogP contribution in [0.5, 0.6) is 0 Å². The molecular weight excluding hydrogens is 322 g/mol. The van der Waals surface area contributed by atoms with Crippen LogP contribution in [0.2, 0.25) is 0 Å². The van der Waals surface area contributed by atoms with E-state index in [-0.39, 0.29) is 0 Å². The van der Waals surface area contributed by atoms with E-state index in [9.17, 15) is 9.90 Å². The van der Waals surface area contributed by atoms with Crippen LogP contribution in [0, 0.1) is 18.3 Å². The molecule has 0 saturated carbocycles. The fourth-order valence-corrected chi connectivity index (χ4v) is 2.42. The SMILES string of the molecule is Cc1cc2ncc(NC(=O)Nc3cncc(C#N)c3)c([C@H](C)O)n2n1. The molecule has 3 aromatic heterocycles. The van der Waals surface area contributed by atoms with E-state index in [4.69, 9.17) is 5.26 Å². The number of anilines is 2. The molecule has 3 N–H and O–H groups in total. The van der Waals surface area contributed by atoms with Crippen LogP contribution >= 0.6 is 0 Å². The van der Waals surface area contributed by atoms with Crippen molar-refractivity contribution < 1.29 is 9.90 Å². The smallest absolute Gasteiger partial charge is 0.323 e. The van der Waals surface area contributed by atoms with E-state index in [0.717, 1.165) is 5.69 Å². The summed E-state index contributed by atoms with van der Waals surface area (Å²) >= 11 is 0. The van der Waals surface area contributed by atoms with Gasteiger partial charge in [-0.15, -0.1) is 0 Å². The summed E-state index contributed by atoms with van der Waals surface area (Å²) < 4.78 is 1.49. The van der Waals surface area contributed by atoms with Crippen LogP contribution in [0.15, 0.2) is 30.7 Å². The average molecular weight is 337 g/mol. The van der Waals surface area contributed by atoms with Gasteiger partial charge < -0.3 is 15.7 Å². The number of aryl methyl sites for hydroxylation is 1. The molecule has 9 nitrogen and oxygen atoms in total. The molecule has 0 aliphatic carbocycles. The second-order valence-corrected chi connectivity index (χ2v) is 5.44. The molecular formula is C16H15N7O2. The van der Waals surface area contributed by atoms with E-state index in [0.29, 0.717) is 28.3 Å². The lowest BCUT2D eigenvalue weighted by molar-refractivity contribution is 0.192. The summed E-state index contributed by atoms with van der Waals surface area (Å²) in [6.45, 7) is 3.39. The molecule has 3 rings (SSSR count). The highest BCUT2D eigenvalue weighted by Crippen LogP contribution is 2.23. The Hall–Kier alpha value is -3.51. The molecule has 126 valence electrons. The normalized spacial score (nSPS) is 11.8. The zero-order valence-electron chi connectivity index (χ0n) is 13.6. The summed E-state index contributed by atoms with van der Waals surface area (Å²) in [6, 6.07) is 4.67. The van der Waals surface area contributed by atoms with E-state index in [1.807, 2.05) is 13.0 Å². The monoisotopic (exact) mass is 337 g/mol. The molecule has 0 aromatic carbocycles. The number of pyridine rings is 1. The van der Waals surface area contributed by atoms with Gasteiger partial charge in [-0.25, -0.2) is 14.3 Å². The molecule has 0 unspecified atom stereocenters. The zero-order valence-corrected chi connectivity index (χ0v) is 13.6. The van der Waals surface area contributed by atoms with Crippen LogP contribution in [0.25, 0.3) is 5.65 Å². The van der Waals surface area contributed by atoms with Gasteiger partial charge in [-0.3, -0.25) is 4.98 Å². The number of nitrogens with one attached hydrogen (secondary N) is 2. The molecule has 1 atom stereocenters. The fraction of sp³-hybridized carbons (Fsp3) is 0.188. The van der Waals surface area contributed by atoms with Crippen molar-refractivity contribution in [2.45, 2.75) is 20.0 Å². The first-order chi connectivity index (χ1) is 12.0. The Morgan fingerprint density at radius 2 is 2.12 bits per heavy atom. The predicted octanol–water partition coefficient (Wildman–Crippen LogP) is 2.00. The van der Waals surface area contributed by atoms with E-state index < -0.39 is 12.1 Å². The summed E-state index contributed by atoms with van der Waals surface area (Å²) in [5.74, 6) is 0. The molecule has 0 radical (unpaired) electrons. The van der Waals surface area contributed by atoms with Gasteiger partial charge in [0.2, 0.25) is 0 Å². The number of hydrogen-bond acceptors (Lipinski definition) is 6. The minimum atomic E-state index is -0.872. The summed E-state index contributed by atoms with van der Waals surface area (Å²) in [7, 11) is 0. The average Bonchev–Trinajstić information content (AvgIpc) is 2.94. The van der Waals surface area contributed by atoms with Crippen molar-refractivity contribution >= 4 is 23.1 Å². The highest BCUT2D eigenvalue weighted by atomic mass is 16.3. The number of fused-ring (bicyclic) bond motifs is 1. The molecule has 0 aliphatic heterocycles. The molecule has 3 aromatic rings. The van der Waals surface area contributed by atoms with Crippen molar-refractivity contribution in [1.82, 2.24) is 19.6 Å². The number of aliphatic hydroxyl groups excluding tert-OH is 1. The van der Waals surface area contributed by atoms with Gasteiger partial charge in [0, 0.05) is 12.3 Å². The molecule has 0 spiro atoms. The lowest BCUT2D eigenvalue weighted by Gasteiger charge is -2.14. The maximum Gasteiger partial charge on any atom is 0.323 e. The second-order valence-electron chi connectivity index (χ2n) is 5.44. The van der Waals surface area contributed by atoms with Gasteiger partial charge in [0.05, 0.1) is 46.8 Å². The third kappa shape index (κ3) is 3.39. The van der Waals surface area contributed by atoms with Crippen molar-refractivity contribution in [1.29, 1.82) is 5.26 Å². The number of carbonyl (C=O) groups is 1. The number of urea groups is 1. The number of aliphatic hydroxyl groups is 1. The largest absolute Gasteiger partial charge is 0.387 e. The first-order valence-corrected chi connectivity index (χ1v) is 7.44. The topological polar surface area (TPSA) is 128 Å². The fourth-order valence-electron chi connectivity index (χ4n) is 2.42. The number of aromatic nitrogens is 4. The van der Waals surface area contributed by atoms with Gasteiger partial charge in [-0.05, 0) is 19.9 Å². The summed E-state index contributed by atoms with van der Waals surface area (Å²) in [4.78, 5) is 20.3. The van der Waals surface area contributed by atoms with Gasteiger partial charge in [-0.1, -0.05) is 0 Å². The van der Waals surface area contributed by atoms with Gasteiger partial charge >= 0.3 is 6.03 Å². The molecule has 2 amide bonds. The molecule has 0 saturated heterocycles. The van der Waals surface area contributed by atoms with Crippen LogP contribution in [0.3, 0.4) is 0 Å². The molecule has 3 heterocycles. The predicted molar refractivity (Wildman–Crippen MR) is 90.0 cm³/mol. The van der Waals surface area contributed by atoms with Gasteiger partial charge in [0.1, 0.15) is 6.07 Å². The lowest BCUT2D eigenvalue weighted by Crippen LogP contribution is -2.22. The van der Waals surface area contributed by atoms with Crippen LogP contribution in [-0.2, 0) is 0 Å². The number of nitrogens with zero attached hydrogens (tertiary/aromatic N) is 5. The first kappa shape index (κ1) is 16.4. The third-order valence-corrected chi connectivity index (χ3v) is 3.41. The van der Waals surface area contributed by atoms with Crippen LogP contribution < -0.4 is 10.6 Å². The quantitative estimate of drug-likeness (QED) is 0.670. The second kappa shape index (κ2) is 6.54. The van der Waals surface area contributed by atoms with Crippen molar-refractivity contribution in [3.05, 3.63) is 47.7 Å². The zero-order chi connectivity index (χ0) is 18.0. The Morgan fingerprint density at radius 3 is 2.84 bits per heavy atom. The maximum absolute atomic E-state index is 12.2. The highest BCUT2D eigenvalue weighted by molar-refractivity contribution is 6.00. The summed E-state index contributed by atoms with van der Waals surface area (Å²) in [5.41, 5.74) is 2.77. The number of nitriles is 1. The molecule has 9 heteroatoms. The lowest BCUT2D eigenvalue weighted by atomic mass is 10.2. The van der Waals surface area contributed by atoms with Gasteiger partial charge in [-0.2, -0.15) is 10.4 Å². The van der Waals surface area contributed by atoms with E-state index in [2.05, 4.69) is 25.7 Å². The Kier molecular flexibility index (Phi) is 4.28. The van der Waals surface area contributed by atoms with Crippen LogP contribution in [0.4, 0.5) is 16.2 Å². The molecule has 0 aliphatic rings. The molecule has 0 fully saturated rings. The first-order valence-electron chi connectivity index (χ1n) is 7.44. The van der Waals surface area contributed by atoms with Gasteiger partial charge in [0.15, 0.2) is 5.65 Å². The minimum Gasteiger partial charge on any atom is -0.387 e. The number of rotatable bonds is 3. The van der Waals surface area contributed by atoms with E-state index in [1.165, 1.54) is 29.2 Å².